The van der Waals surface area contributed by atoms with E-state index in [1.165, 1.54) is 0 Å². The van der Waals surface area contributed by atoms with Crippen molar-refractivity contribution in [2.24, 2.45) is 0 Å². The zero-order valence-electron chi connectivity index (χ0n) is 17.6. The van der Waals surface area contributed by atoms with E-state index in [1.54, 1.807) is 28.9 Å². The van der Waals surface area contributed by atoms with Gasteiger partial charge in [0.1, 0.15) is 6.04 Å². The molecule has 2 saturated heterocycles. The zero-order valence-corrected chi connectivity index (χ0v) is 17.6. The van der Waals surface area contributed by atoms with Crippen LogP contribution in [0, 0.1) is 0 Å². The second-order valence-corrected chi connectivity index (χ2v) is 7.69. The van der Waals surface area contributed by atoms with Gasteiger partial charge in [-0.15, -0.1) is 0 Å². The van der Waals surface area contributed by atoms with Crippen molar-refractivity contribution < 1.29 is 23.9 Å². The third kappa shape index (κ3) is 4.55. The standard InChI is InChI=1S/C21H28N4O5/c1-4-30-21(29)24-11-9-23(10-12-24)18(26)13-17-19(27)25(20(28)22-17)16-7-5-15(6-8-16)14(2)3/h5-8,14,17H,4,9-13H2,1-3H3,(H,22,28)/t17-/m1/s1. The summed E-state index contributed by atoms with van der Waals surface area (Å²) in [4.78, 5) is 53.8. The Balaban J connectivity index is 1.57. The van der Waals surface area contributed by atoms with Crippen LogP contribution in [0.4, 0.5) is 15.3 Å². The summed E-state index contributed by atoms with van der Waals surface area (Å²) >= 11 is 0. The van der Waals surface area contributed by atoms with Crippen molar-refractivity contribution in [1.29, 1.82) is 0 Å². The van der Waals surface area contributed by atoms with Gasteiger partial charge in [0.25, 0.3) is 5.91 Å². The van der Waals surface area contributed by atoms with Gasteiger partial charge in [-0.25, -0.2) is 14.5 Å². The Morgan fingerprint density at radius 3 is 2.23 bits per heavy atom. The molecule has 0 unspecified atom stereocenters. The van der Waals surface area contributed by atoms with E-state index < -0.39 is 18.0 Å². The lowest BCUT2D eigenvalue weighted by Gasteiger charge is -2.34. The van der Waals surface area contributed by atoms with Crippen LogP contribution in [0.2, 0.25) is 0 Å². The Labute approximate surface area is 175 Å². The Bertz CT molecular complexity index is 815. The van der Waals surface area contributed by atoms with E-state index >= 15 is 0 Å². The molecule has 162 valence electrons. The lowest BCUT2D eigenvalue weighted by atomic mass is 10.0. The number of rotatable bonds is 5. The van der Waals surface area contributed by atoms with Crippen LogP contribution in [0.15, 0.2) is 24.3 Å². The summed E-state index contributed by atoms with van der Waals surface area (Å²) in [5, 5.41) is 2.61. The van der Waals surface area contributed by atoms with Crippen molar-refractivity contribution in [3.63, 3.8) is 0 Å². The molecule has 0 aromatic heterocycles. The molecule has 0 bridgehead atoms. The average molecular weight is 416 g/mol. The van der Waals surface area contributed by atoms with E-state index in [4.69, 9.17) is 4.74 Å². The Morgan fingerprint density at radius 1 is 1.07 bits per heavy atom. The molecule has 3 rings (SSSR count). The van der Waals surface area contributed by atoms with Gasteiger partial charge in [0.2, 0.25) is 5.91 Å². The second kappa shape index (κ2) is 9.15. The molecular formula is C21H28N4O5. The van der Waals surface area contributed by atoms with Crippen LogP contribution >= 0.6 is 0 Å². The number of carbonyl (C=O) groups is 4. The maximum absolute atomic E-state index is 12.8. The summed E-state index contributed by atoms with van der Waals surface area (Å²) < 4.78 is 4.97. The monoisotopic (exact) mass is 416 g/mol. The summed E-state index contributed by atoms with van der Waals surface area (Å²) in [5.74, 6) is -0.318. The summed E-state index contributed by atoms with van der Waals surface area (Å²) in [6, 6.07) is 5.85. The molecule has 2 heterocycles. The quantitative estimate of drug-likeness (QED) is 0.740. The van der Waals surface area contributed by atoms with Crippen molar-refractivity contribution in [3.8, 4) is 0 Å². The summed E-state index contributed by atoms with van der Waals surface area (Å²) in [6.45, 7) is 7.67. The molecule has 0 spiro atoms. The van der Waals surface area contributed by atoms with Gasteiger partial charge in [-0.2, -0.15) is 0 Å². The Morgan fingerprint density at radius 2 is 1.67 bits per heavy atom. The van der Waals surface area contributed by atoms with Gasteiger partial charge < -0.3 is 19.9 Å². The highest BCUT2D eigenvalue weighted by Gasteiger charge is 2.41. The molecule has 1 N–H and O–H groups in total. The van der Waals surface area contributed by atoms with E-state index in [-0.39, 0.29) is 18.4 Å². The van der Waals surface area contributed by atoms with Gasteiger partial charge in [-0.05, 0) is 30.5 Å². The van der Waals surface area contributed by atoms with Crippen molar-refractivity contribution >= 4 is 29.6 Å². The summed E-state index contributed by atoms with van der Waals surface area (Å²) in [6.07, 6.45) is -0.494. The Hall–Kier alpha value is -3.10. The van der Waals surface area contributed by atoms with Gasteiger partial charge in [-0.1, -0.05) is 26.0 Å². The molecule has 0 saturated carbocycles. The number of nitrogens with zero attached hydrogens (tertiary/aromatic N) is 3. The molecule has 30 heavy (non-hydrogen) atoms. The number of piperazine rings is 1. The van der Waals surface area contributed by atoms with Crippen molar-refractivity contribution in [2.75, 3.05) is 37.7 Å². The van der Waals surface area contributed by atoms with E-state index in [1.807, 2.05) is 12.1 Å². The van der Waals surface area contributed by atoms with E-state index in [0.29, 0.717) is 44.4 Å². The third-order valence-electron chi connectivity index (χ3n) is 5.37. The molecule has 2 fully saturated rings. The van der Waals surface area contributed by atoms with Gasteiger partial charge >= 0.3 is 12.1 Å². The highest BCUT2D eigenvalue weighted by atomic mass is 16.6. The van der Waals surface area contributed by atoms with Crippen LogP contribution in [-0.2, 0) is 14.3 Å². The van der Waals surface area contributed by atoms with Gasteiger partial charge in [0.15, 0.2) is 0 Å². The van der Waals surface area contributed by atoms with Crippen LogP contribution in [-0.4, -0.2) is 72.6 Å². The molecule has 2 aliphatic heterocycles. The lowest BCUT2D eigenvalue weighted by molar-refractivity contribution is -0.135. The fourth-order valence-electron chi connectivity index (χ4n) is 3.58. The molecular weight excluding hydrogens is 388 g/mol. The van der Waals surface area contributed by atoms with Crippen molar-refractivity contribution in [2.45, 2.75) is 39.2 Å². The van der Waals surface area contributed by atoms with Gasteiger partial charge in [0, 0.05) is 26.2 Å². The molecule has 1 atom stereocenters. The Kier molecular flexibility index (Phi) is 6.59. The first-order valence-corrected chi connectivity index (χ1v) is 10.3. The normalized spacial score (nSPS) is 19.3. The zero-order chi connectivity index (χ0) is 21.8. The smallest absolute Gasteiger partial charge is 0.409 e. The van der Waals surface area contributed by atoms with Crippen LogP contribution in [0.5, 0.6) is 0 Å². The minimum atomic E-state index is -0.891. The molecule has 9 nitrogen and oxygen atoms in total. The molecule has 2 aliphatic rings. The largest absolute Gasteiger partial charge is 0.450 e. The average Bonchev–Trinajstić information content (AvgIpc) is 3.01. The number of nitrogens with one attached hydrogen (secondary N) is 1. The number of imide groups is 1. The lowest BCUT2D eigenvalue weighted by Crippen LogP contribution is -2.51. The minimum Gasteiger partial charge on any atom is -0.450 e. The molecule has 1 aromatic rings. The second-order valence-electron chi connectivity index (χ2n) is 7.69. The van der Waals surface area contributed by atoms with Crippen LogP contribution in [0.25, 0.3) is 0 Å². The first-order valence-electron chi connectivity index (χ1n) is 10.3. The fraction of sp³-hybridized carbons (Fsp3) is 0.524. The summed E-state index contributed by atoms with van der Waals surface area (Å²) in [5.41, 5.74) is 1.60. The molecule has 5 amide bonds. The van der Waals surface area contributed by atoms with Crippen LogP contribution in [0.3, 0.4) is 0 Å². The number of amides is 5. The first-order chi connectivity index (χ1) is 14.3. The maximum Gasteiger partial charge on any atom is 0.409 e. The summed E-state index contributed by atoms with van der Waals surface area (Å²) in [7, 11) is 0. The molecule has 0 radical (unpaired) electrons. The van der Waals surface area contributed by atoms with Crippen LogP contribution in [0.1, 0.15) is 38.7 Å². The molecule has 9 heteroatoms. The maximum atomic E-state index is 12.8. The van der Waals surface area contributed by atoms with Crippen molar-refractivity contribution in [1.82, 2.24) is 15.1 Å². The van der Waals surface area contributed by atoms with E-state index in [2.05, 4.69) is 19.2 Å². The number of hydrogen-bond acceptors (Lipinski definition) is 5. The van der Waals surface area contributed by atoms with E-state index in [9.17, 15) is 19.2 Å². The highest BCUT2D eigenvalue weighted by molar-refractivity contribution is 6.22. The SMILES string of the molecule is CCOC(=O)N1CCN(C(=O)C[C@H]2NC(=O)N(c3ccc(C(C)C)cc3)C2=O)CC1. The number of benzene rings is 1. The number of carbonyl (C=O) groups excluding carboxylic acids is 4. The molecule has 1 aromatic carbocycles. The van der Waals surface area contributed by atoms with Gasteiger partial charge in [-0.3, -0.25) is 9.59 Å². The van der Waals surface area contributed by atoms with E-state index in [0.717, 1.165) is 10.5 Å². The first kappa shape index (κ1) is 21.6. The number of ether oxygens (including phenoxy) is 1. The van der Waals surface area contributed by atoms with Crippen LogP contribution < -0.4 is 10.2 Å². The number of anilines is 1. The molecule has 0 aliphatic carbocycles. The topological polar surface area (TPSA) is 99.3 Å². The third-order valence-corrected chi connectivity index (χ3v) is 5.37. The number of urea groups is 1. The predicted octanol–water partition coefficient (Wildman–Crippen LogP) is 1.93. The minimum absolute atomic E-state index is 0.107. The van der Waals surface area contributed by atoms with Gasteiger partial charge in [0.05, 0.1) is 18.7 Å². The van der Waals surface area contributed by atoms with Crippen molar-refractivity contribution in [3.05, 3.63) is 29.8 Å². The predicted molar refractivity (Wildman–Crippen MR) is 110 cm³/mol. The highest BCUT2D eigenvalue weighted by Crippen LogP contribution is 2.24. The number of hydrogen-bond donors (Lipinski definition) is 1. The fourth-order valence-corrected chi connectivity index (χ4v) is 3.58.